The zero-order valence-corrected chi connectivity index (χ0v) is 18.8. The van der Waals surface area contributed by atoms with E-state index in [4.69, 9.17) is 0 Å². The highest BCUT2D eigenvalue weighted by Gasteiger charge is 2.39. The molecule has 0 aliphatic heterocycles. The number of rotatable bonds is 13. The molecule has 150 valence electrons. The van der Waals surface area contributed by atoms with Gasteiger partial charge in [0.15, 0.2) is 0 Å². The zero-order chi connectivity index (χ0) is 19.4. The van der Waals surface area contributed by atoms with Crippen molar-refractivity contribution in [1.29, 1.82) is 0 Å². The van der Waals surface area contributed by atoms with Crippen LogP contribution in [0.5, 0.6) is 0 Å². The van der Waals surface area contributed by atoms with E-state index in [0.29, 0.717) is 12.1 Å². The Labute approximate surface area is 158 Å². The van der Waals surface area contributed by atoms with Gasteiger partial charge in [-0.25, -0.2) is 0 Å². The lowest BCUT2D eigenvalue weighted by Crippen LogP contribution is -2.58. The molecule has 0 saturated carbocycles. The molecule has 0 aliphatic rings. The van der Waals surface area contributed by atoms with Crippen LogP contribution in [0.1, 0.15) is 68.7 Å². The van der Waals surface area contributed by atoms with Crippen molar-refractivity contribution >= 4 is 5.84 Å². The maximum atomic E-state index is 2.66. The van der Waals surface area contributed by atoms with Crippen molar-refractivity contribution in [2.45, 2.75) is 74.9 Å². The van der Waals surface area contributed by atoms with Gasteiger partial charge in [-0.2, -0.15) is 0 Å². The summed E-state index contributed by atoms with van der Waals surface area (Å²) in [6, 6.07) is 0. The number of amidine groups is 1. The molecule has 0 fully saturated rings. The normalized spacial score (nSPS) is 13.0. The van der Waals surface area contributed by atoms with Crippen molar-refractivity contribution in [3.8, 4) is 0 Å². The minimum absolute atomic E-state index is 0.478. The Morgan fingerprint density at radius 1 is 0.640 bits per heavy atom. The van der Waals surface area contributed by atoms with Crippen LogP contribution in [0.4, 0.5) is 0 Å². The molecule has 4 heteroatoms. The SMILES string of the molecule is CCC(C(N(CC)CC)=[N+](CC)CC)C(N(CC)CC)N(CC)CC. The van der Waals surface area contributed by atoms with E-state index in [9.17, 15) is 0 Å². The molecular formula is C21H47N4+. The molecule has 25 heavy (non-hydrogen) atoms. The van der Waals surface area contributed by atoms with Crippen LogP contribution in [0.25, 0.3) is 0 Å². The Kier molecular flexibility index (Phi) is 13.2. The predicted molar refractivity (Wildman–Crippen MR) is 113 cm³/mol. The summed E-state index contributed by atoms with van der Waals surface area (Å²) in [5.41, 5.74) is 0. The minimum atomic E-state index is 0.478. The first kappa shape index (κ1) is 24.4. The second-order valence-electron chi connectivity index (χ2n) is 6.57. The average Bonchev–Trinajstić information content (AvgIpc) is 2.65. The Hall–Kier alpha value is -0.610. The Morgan fingerprint density at radius 3 is 1.28 bits per heavy atom. The van der Waals surface area contributed by atoms with Crippen molar-refractivity contribution in [2.75, 3.05) is 52.4 Å². The average molecular weight is 356 g/mol. The van der Waals surface area contributed by atoms with E-state index in [1.54, 1.807) is 5.84 Å². The van der Waals surface area contributed by atoms with Crippen LogP contribution in [0, 0.1) is 5.92 Å². The minimum Gasteiger partial charge on any atom is -0.288 e. The van der Waals surface area contributed by atoms with E-state index in [0.717, 1.165) is 52.4 Å². The second kappa shape index (κ2) is 13.6. The van der Waals surface area contributed by atoms with Gasteiger partial charge in [-0.3, -0.25) is 19.3 Å². The molecule has 0 heterocycles. The van der Waals surface area contributed by atoms with Crippen molar-refractivity contribution in [3.05, 3.63) is 0 Å². The van der Waals surface area contributed by atoms with Gasteiger partial charge >= 0.3 is 0 Å². The summed E-state index contributed by atoms with van der Waals surface area (Å²) in [7, 11) is 0. The van der Waals surface area contributed by atoms with E-state index in [-0.39, 0.29) is 0 Å². The van der Waals surface area contributed by atoms with Crippen molar-refractivity contribution in [1.82, 2.24) is 14.7 Å². The number of nitrogens with zero attached hydrogens (tertiary/aromatic N) is 4. The third-order valence-electron chi connectivity index (χ3n) is 5.68. The van der Waals surface area contributed by atoms with E-state index in [1.807, 2.05) is 0 Å². The molecule has 0 aromatic rings. The molecule has 0 aliphatic carbocycles. The monoisotopic (exact) mass is 355 g/mol. The first-order chi connectivity index (χ1) is 12.0. The summed E-state index contributed by atoms with van der Waals surface area (Å²) in [5, 5.41) is 0. The third-order valence-corrected chi connectivity index (χ3v) is 5.68. The van der Waals surface area contributed by atoms with E-state index in [2.05, 4.69) is 81.6 Å². The summed E-state index contributed by atoms with van der Waals surface area (Å²) in [4.78, 5) is 7.92. The van der Waals surface area contributed by atoms with E-state index >= 15 is 0 Å². The summed E-state index contributed by atoms with van der Waals surface area (Å²) < 4.78 is 2.60. The van der Waals surface area contributed by atoms with Gasteiger partial charge < -0.3 is 0 Å². The summed E-state index contributed by atoms with van der Waals surface area (Å²) in [6.45, 7) is 29.6. The van der Waals surface area contributed by atoms with Gasteiger partial charge in [-0.1, -0.05) is 34.6 Å². The summed E-state index contributed by atoms with van der Waals surface area (Å²) >= 11 is 0. The van der Waals surface area contributed by atoms with Gasteiger partial charge in [-0.15, -0.1) is 0 Å². The van der Waals surface area contributed by atoms with Gasteiger partial charge in [0.25, 0.3) is 5.84 Å². The van der Waals surface area contributed by atoms with Gasteiger partial charge in [-0.05, 0) is 60.3 Å². The Bertz CT molecular complexity index is 337. The maximum absolute atomic E-state index is 2.66. The van der Waals surface area contributed by atoms with Crippen LogP contribution in [-0.4, -0.2) is 83.6 Å². The van der Waals surface area contributed by atoms with Crippen LogP contribution in [0.3, 0.4) is 0 Å². The van der Waals surface area contributed by atoms with Crippen molar-refractivity contribution in [2.24, 2.45) is 5.92 Å². The molecule has 0 spiro atoms. The molecule has 0 saturated heterocycles. The molecule has 0 N–H and O–H groups in total. The van der Waals surface area contributed by atoms with Crippen LogP contribution in [-0.2, 0) is 0 Å². The lowest BCUT2D eigenvalue weighted by molar-refractivity contribution is -0.528. The Morgan fingerprint density at radius 2 is 1.04 bits per heavy atom. The Balaban J connectivity index is 6.29. The molecule has 0 radical (unpaired) electrons. The molecule has 1 unspecified atom stereocenters. The molecule has 1 atom stereocenters. The van der Waals surface area contributed by atoms with Crippen molar-refractivity contribution in [3.63, 3.8) is 0 Å². The van der Waals surface area contributed by atoms with Gasteiger partial charge in [0, 0.05) is 0 Å². The lowest BCUT2D eigenvalue weighted by atomic mass is 9.96. The molecule has 0 aromatic heterocycles. The van der Waals surface area contributed by atoms with Gasteiger partial charge in [0.05, 0.1) is 38.3 Å². The van der Waals surface area contributed by atoms with Crippen LogP contribution in [0.15, 0.2) is 0 Å². The quantitative estimate of drug-likeness (QED) is 0.216. The largest absolute Gasteiger partial charge is 0.288 e. The van der Waals surface area contributed by atoms with Crippen LogP contribution >= 0.6 is 0 Å². The fourth-order valence-electron chi connectivity index (χ4n) is 4.23. The highest BCUT2D eigenvalue weighted by molar-refractivity contribution is 5.80. The third kappa shape index (κ3) is 6.25. The first-order valence-electron chi connectivity index (χ1n) is 10.9. The summed E-state index contributed by atoms with van der Waals surface area (Å²) in [5.74, 6) is 2.10. The smallest absolute Gasteiger partial charge is 0.252 e. The topological polar surface area (TPSA) is 12.7 Å². The highest BCUT2D eigenvalue weighted by Crippen LogP contribution is 2.23. The highest BCUT2D eigenvalue weighted by atomic mass is 15.4. The molecular weight excluding hydrogens is 308 g/mol. The van der Waals surface area contributed by atoms with Gasteiger partial charge in [0.2, 0.25) is 0 Å². The fraction of sp³-hybridized carbons (Fsp3) is 0.952. The van der Waals surface area contributed by atoms with E-state index < -0.39 is 0 Å². The standard InChI is InChI=1S/C21H47N4/c1-10-19(20(22(11-2)12-3)23(13-4)14-5)21(24(15-6)16-7)25(17-8)18-9/h19-20H,10-18H2,1-9H3/q+1. The predicted octanol–water partition coefficient (Wildman–Crippen LogP) is 3.81. The number of hydrogen-bond donors (Lipinski definition) is 0. The fourth-order valence-corrected chi connectivity index (χ4v) is 4.23. The van der Waals surface area contributed by atoms with Crippen molar-refractivity contribution < 1.29 is 4.58 Å². The maximum Gasteiger partial charge on any atom is 0.252 e. The number of hydrogen-bond acceptors (Lipinski definition) is 2. The first-order valence-corrected chi connectivity index (χ1v) is 10.9. The lowest BCUT2D eigenvalue weighted by Gasteiger charge is -2.43. The molecule has 0 rings (SSSR count). The molecule has 0 bridgehead atoms. The molecule has 0 amide bonds. The molecule has 0 aromatic carbocycles. The summed E-state index contributed by atoms with van der Waals surface area (Å²) in [6.07, 6.45) is 1.66. The van der Waals surface area contributed by atoms with Crippen LogP contribution < -0.4 is 0 Å². The van der Waals surface area contributed by atoms with Crippen LogP contribution in [0.2, 0.25) is 0 Å². The molecule has 4 nitrogen and oxygen atoms in total. The second-order valence-corrected chi connectivity index (χ2v) is 6.57. The zero-order valence-electron chi connectivity index (χ0n) is 18.8. The van der Waals surface area contributed by atoms with Gasteiger partial charge in [0.1, 0.15) is 0 Å². The van der Waals surface area contributed by atoms with E-state index in [1.165, 1.54) is 6.42 Å².